The van der Waals surface area contributed by atoms with E-state index in [1.807, 2.05) is 13.8 Å². The monoisotopic (exact) mass is 250 g/mol. The first-order valence-electron chi connectivity index (χ1n) is 6.03. The topological polar surface area (TPSA) is 55.8 Å². The maximum Gasteiger partial charge on any atom is 0.509 e. The third kappa shape index (κ3) is 2.15. The summed E-state index contributed by atoms with van der Waals surface area (Å²) in [5.41, 5.74) is 4.54. The number of ether oxygens (including phenoxy) is 2. The van der Waals surface area contributed by atoms with E-state index < -0.39 is 11.9 Å². The van der Waals surface area contributed by atoms with Crippen LogP contribution in [-0.2, 0) is 11.2 Å². The fourth-order valence-corrected chi connectivity index (χ4v) is 2.43. The normalized spacial score (nSPS) is 22.0. The fourth-order valence-electron chi connectivity index (χ4n) is 2.43. The van der Waals surface area contributed by atoms with Crippen molar-refractivity contribution in [3.05, 3.63) is 28.3 Å². The van der Waals surface area contributed by atoms with Gasteiger partial charge in [0.2, 0.25) is 0 Å². The van der Waals surface area contributed by atoms with E-state index in [4.69, 9.17) is 14.6 Å². The predicted octanol–water partition coefficient (Wildman–Crippen LogP) is 3.35. The fraction of sp³-hybridized carbons (Fsp3) is 0.500. The molecule has 1 aliphatic heterocycles. The van der Waals surface area contributed by atoms with Gasteiger partial charge in [-0.3, -0.25) is 0 Å². The van der Waals surface area contributed by atoms with E-state index in [9.17, 15) is 4.79 Å². The zero-order valence-electron chi connectivity index (χ0n) is 11.2. The number of carbonyl (C=O) groups is 1. The van der Waals surface area contributed by atoms with Gasteiger partial charge in [0.05, 0.1) is 0 Å². The zero-order valence-corrected chi connectivity index (χ0v) is 11.2. The lowest BCUT2D eigenvalue weighted by atomic mass is 9.92. The molecule has 98 valence electrons. The third-order valence-electron chi connectivity index (χ3n) is 3.57. The molecule has 1 N–H and O–H groups in total. The first-order chi connectivity index (χ1) is 8.32. The second-order valence-electron chi connectivity index (χ2n) is 5.05. The molecule has 1 unspecified atom stereocenters. The largest absolute Gasteiger partial charge is 0.509 e. The summed E-state index contributed by atoms with van der Waals surface area (Å²) >= 11 is 0. The molecule has 1 heterocycles. The molecular weight excluding hydrogens is 232 g/mol. The second kappa shape index (κ2) is 4.19. The summed E-state index contributed by atoms with van der Waals surface area (Å²) in [4.78, 5) is 10.7. The van der Waals surface area contributed by atoms with Crippen molar-refractivity contribution >= 4 is 6.16 Å². The van der Waals surface area contributed by atoms with Gasteiger partial charge in [-0.1, -0.05) is 6.07 Å². The van der Waals surface area contributed by atoms with Crippen molar-refractivity contribution in [2.24, 2.45) is 0 Å². The smallest absolute Gasteiger partial charge is 0.452 e. The molecule has 18 heavy (non-hydrogen) atoms. The van der Waals surface area contributed by atoms with Crippen LogP contribution in [0.2, 0.25) is 0 Å². The maximum absolute atomic E-state index is 10.7. The van der Waals surface area contributed by atoms with Crippen LogP contribution in [0, 0.1) is 20.8 Å². The Labute approximate surface area is 107 Å². The molecule has 4 nitrogen and oxygen atoms in total. The molecule has 1 aromatic carbocycles. The Morgan fingerprint density at radius 2 is 2.06 bits per heavy atom. The van der Waals surface area contributed by atoms with Crippen LogP contribution in [0.1, 0.15) is 35.6 Å². The van der Waals surface area contributed by atoms with Gasteiger partial charge in [0, 0.05) is 13.3 Å². The van der Waals surface area contributed by atoms with E-state index in [0.29, 0.717) is 6.42 Å². The lowest BCUT2D eigenvalue weighted by molar-refractivity contribution is -0.149. The van der Waals surface area contributed by atoms with Crippen molar-refractivity contribution in [2.45, 2.75) is 46.3 Å². The molecule has 0 fully saturated rings. The summed E-state index contributed by atoms with van der Waals surface area (Å²) in [7, 11) is 0. The lowest BCUT2D eigenvalue weighted by Crippen LogP contribution is -2.41. The number of hydrogen-bond donors (Lipinski definition) is 1. The SMILES string of the molecule is Cc1cc(C)c2c(c1C)OC(C)(OC(=O)O)CC2. The van der Waals surface area contributed by atoms with Crippen molar-refractivity contribution in [3.63, 3.8) is 0 Å². The molecule has 1 aromatic rings. The minimum atomic E-state index is -1.30. The van der Waals surface area contributed by atoms with Crippen LogP contribution in [-0.4, -0.2) is 17.0 Å². The van der Waals surface area contributed by atoms with Crippen molar-refractivity contribution in [1.82, 2.24) is 0 Å². The average Bonchev–Trinajstić information content (AvgIpc) is 2.24. The van der Waals surface area contributed by atoms with Crippen molar-refractivity contribution in [3.8, 4) is 5.75 Å². The molecule has 2 rings (SSSR count). The minimum absolute atomic E-state index is 0.537. The lowest BCUT2D eigenvalue weighted by Gasteiger charge is -2.35. The number of hydrogen-bond acceptors (Lipinski definition) is 3. The molecule has 0 aromatic heterocycles. The van der Waals surface area contributed by atoms with Gasteiger partial charge in [-0.25, -0.2) is 4.79 Å². The molecule has 0 spiro atoms. The van der Waals surface area contributed by atoms with Crippen LogP contribution in [0.25, 0.3) is 0 Å². The van der Waals surface area contributed by atoms with E-state index in [-0.39, 0.29) is 0 Å². The summed E-state index contributed by atoms with van der Waals surface area (Å²) < 4.78 is 10.7. The highest BCUT2D eigenvalue weighted by Crippen LogP contribution is 2.39. The molecule has 1 atom stereocenters. The van der Waals surface area contributed by atoms with Crippen LogP contribution in [0.5, 0.6) is 5.75 Å². The average molecular weight is 250 g/mol. The van der Waals surface area contributed by atoms with E-state index in [1.54, 1.807) is 6.92 Å². The molecule has 0 bridgehead atoms. The van der Waals surface area contributed by atoms with E-state index in [2.05, 4.69) is 13.0 Å². The number of carboxylic acid groups (broad SMARTS) is 1. The molecule has 0 aliphatic carbocycles. The molecule has 0 radical (unpaired) electrons. The summed E-state index contributed by atoms with van der Waals surface area (Å²) in [6.07, 6.45) is 0.00445. The van der Waals surface area contributed by atoms with Gasteiger partial charge in [-0.05, 0) is 49.4 Å². The second-order valence-corrected chi connectivity index (χ2v) is 5.05. The minimum Gasteiger partial charge on any atom is -0.452 e. The summed E-state index contributed by atoms with van der Waals surface area (Å²) in [6, 6.07) is 2.14. The summed E-state index contributed by atoms with van der Waals surface area (Å²) in [6.45, 7) is 7.73. The van der Waals surface area contributed by atoms with Gasteiger partial charge < -0.3 is 14.6 Å². The van der Waals surface area contributed by atoms with Gasteiger partial charge in [0.1, 0.15) is 5.75 Å². The first-order valence-corrected chi connectivity index (χ1v) is 6.03. The molecule has 0 saturated carbocycles. The highest BCUT2D eigenvalue weighted by atomic mass is 16.8. The van der Waals surface area contributed by atoms with Crippen LogP contribution in [0.3, 0.4) is 0 Å². The summed E-state index contributed by atoms with van der Waals surface area (Å²) in [5, 5.41) is 8.76. The Bertz CT molecular complexity index is 507. The van der Waals surface area contributed by atoms with Gasteiger partial charge in [0.15, 0.2) is 0 Å². The maximum atomic E-state index is 10.7. The summed E-state index contributed by atoms with van der Waals surface area (Å²) in [5.74, 6) is -0.299. The third-order valence-corrected chi connectivity index (χ3v) is 3.57. The van der Waals surface area contributed by atoms with Crippen molar-refractivity contribution in [1.29, 1.82) is 0 Å². The Kier molecular flexibility index (Phi) is 2.97. The van der Waals surface area contributed by atoms with Gasteiger partial charge >= 0.3 is 6.16 Å². The van der Waals surface area contributed by atoms with Crippen LogP contribution in [0.4, 0.5) is 4.79 Å². The van der Waals surface area contributed by atoms with Crippen molar-refractivity contribution < 1.29 is 19.4 Å². The molecular formula is C14H18O4. The van der Waals surface area contributed by atoms with Crippen molar-refractivity contribution in [2.75, 3.05) is 0 Å². The van der Waals surface area contributed by atoms with Crippen LogP contribution in [0.15, 0.2) is 6.07 Å². The van der Waals surface area contributed by atoms with Gasteiger partial charge in [-0.2, -0.15) is 0 Å². The number of rotatable bonds is 1. The Balaban J connectivity index is 2.42. The number of benzene rings is 1. The quantitative estimate of drug-likeness (QED) is 0.776. The predicted molar refractivity (Wildman–Crippen MR) is 67.1 cm³/mol. The highest BCUT2D eigenvalue weighted by molar-refractivity contribution is 5.58. The highest BCUT2D eigenvalue weighted by Gasteiger charge is 2.37. The van der Waals surface area contributed by atoms with E-state index >= 15 is 0 Å². The first kappa shape index (κ1) is 12.7. The van der Waals surface area contributed by atoms with E-state index in [0.717, 1.165) is 28.9 Å². The number of fused-ring (bicyclic) bond motifs is 1. The van der Waals surface area contributed by atoms with Gasteiger partial charge in [0.25, 0.3) is 5.79 Å². The van der Waals surface area contributed by atoms with Crippen LogP contribution >= 0.6 is 0 Å². The zero-order chi connectivity index (χ0) is 13.5. The Morgan fingerprint density at radius 1 is 1.39 bits per heavy atom. The molecule has 1 aliphatic rings. The molecule has 0 saturated heterocycles. The molecule has 4 heteroatoms. The number of aryl methyl sites for hydroxylation is 2. The van der Waals surface area contributed by atoms with Crippen LogP contribution < -0.4 is 4.74 Å². The Morgan fingerprint density at radius 3 is 2.67 bits per heavy atom. The Hall–Kier alpha value is -1.71. The van der Waals surface area contributed by atoms with E-state index in [1.165, 1.54) is 5.56 Å². The molecule has 0 amide bonds. The van der Waals surface area contributed by atoms with Gasteiger partial charge in [-0.15, -0.1) is 0 Å². The standard InChI is InChI=1S/C14H18O4/c1-8-7-9(2)11-5-6-14(4,18-13(15)16)17-12(11)10(8)3/h7H,5-6H2,1-4H3,(H,15,16).